The minimum atomic E-state index is -1.42. The Bertz CT molecular complexity index is 416. The summed E-state index contributed by atoms with van der Waals surface area (Å²) in [7, 11) is 1.38. The van der Waals surface area contributed by atoms with Gasteiger partial charge in [-0.15, -0.1) is 0 Å². The van der Waals surface area contributed by atoms with Crippen LogP contribution in [0.5, 0.6) is 0 Å². The number of aliphatic hydroxyl groups excluding tert-OH is 1. The summed E-state index contributed by atoms with van der Waals surface area (Å²) < 4.78 is 31.5. The normalized spacial score (nSPS) is 12.2. The van der Waals surface area contributed by atoms with E-state index in [4.69, 9.17) is 5.11 Å². The number of methoxy groups -OCH3 is 1. The Morgan fingerprint density at radius 3 is 2.44 bits per heavy atom. The van der Waals surface area contributed by atoms with E-state index in [-0.39, 0.29) is 13.2 Å². The molecule has 0 saturated heterocycles. The number of hydrogen-bond acceptors (Lipinski definition) is 4. The second kappa shape index (κ2) is 6.27. The fraction of sp³-hybridized carbons (Fsp3) is 0.364. The number of carboxylic acids is 1. The molecule has 0 radical (unpaired) electrons. The lowest BCUT2D eigenvalue weighted by Gasteiger charge is -2.13. The van der Waals surface area contributed by atoms with Gasteiger partial charge in [-0.05, 0) is 12.1 Å². The Kier molecular flexibility index (Phi) is 4.99. The summed E-state index contributed by atoms with van der Waals surface area (Å²) >= 11 is 0. The summed E-state index contributed by atoms with van der Waals surface area (Å²) in [6, 6.07) is 1.41. The van der Waals surface area contributed by atoms with E-state index in [0.717, 1.165) is 0 Å². The predicted molar refractivity (Wildman–Crippen MR) is 59.7 cm³/mol. The van der Waals surface area contributed by atoms with E-state index < -0.39 is 35.0 Å². The molecule has 1 unspecified atom stereocenters. The van der Waals surface area contributed by atoms with Gasteiger partial charge in [-0.25, -0.2) is 13.6 Å². The third kappa shape index (κ3) is 3.64. The molecule has 1 atom stereocenters. The second-order valence-electron chi connectivity index (χ2n) is 3.61. The van der Waals surface area contributed by atoms with Crippen molar-refractivity contribution in [2.45, 2.75) is 6.10 Å². The van der Waals surface area contributed by atoms with Gasteiger partial charge in [0.2, 0.25) is 0 Å². The number of aliphatic hydroxyl groups is 1. The molecule has 0 aliphatic rings. The molecule has 5 nitrogen and oxygen atoms in total. The standard InChI is InChI=1S/C11H13F2NO4/c1-18-5-7(15)4-14-10-8(12)2-6(11(16)17)3-9(10)13/h2-3,7,14-15H,4-5H2,1H3,(H,16,17). The molecule has 18 heavy (non-hydrogen) atoms. The van der Waals surface area contributed by atoms with Gasteiger partial charge in [-0.2, -0.15) is 0 Å². The van der Waals surface area contributed by atoms with Crippen LogP contribution >= 0.6 is 0 Å². The zero-order chi connectivity index (χ0) is 13.7. The van der Waals surface area contributed by atoms with E-state index in [1.54, 1.807) is 0 Å². The summed E-state index contributed by atoms with van der Waals surface area (Å²) in [6.07, 6.45) is -0.923. The first-order chi connectivity index (χ1) is 8.45. The van der Waals surface area contributed by atoms with Crippen molar-refractivity contribution in [1.29, 1.82) is 0 Å². The Morgan fingerprint density at radius 2 is 2.00 bits per heavy atom. The van der Waals surface area contributed by atoms with Crippen LogP contribution in [0.2, 0.25) is 0 Å². The van der Waals surface area contributed by atoms with Gasteiger partial charge in [0.15, 0.2) is 0 Å². The fourth-order valence-electron chi connectivity index (χ4n) is 1.34. The van der Waals surface area contributed by atoms with Gasteiger partial charge in [-0.3, -0.25) is 0 Å². The van der Waals surface area contributed by atoms with E-state index in [9.17, 15) is 18.7 Å². The average Bonchev–Trinajstić information content (AvgIpc) is 2.27. The molecule has 0 spiro atoms. The summed E-state index contributed by atoms with van der Waals surface area (Å²) in [5.74, 6) is -3.48. The maximum atomic E-state index is 13.4. The summed E-state index contributed by atoms with van der Waals surface area (Å²) in [6.45, 7) is -0.0997. The first-order valence-corrected chi connectivity index (χ1v) is 5.09. The number of nitrogens with one attached hydrogen (secondary N) is 1. The predicted octanol–water partition coefficient (Wildman–Crippen LogP) is 1.08. The highest BCUT2D eigenvalue weighted by atomic mass is 19.1. The third-order valence-corrected chi connectivity index (χ3v) is 2.16. The number of anilines is 1. The number of benzene rings is 1. The van der Waals surface area contributed by atoms with Crippen LogP contribution in [0.1, 0.15) is 10.4 Å². The first kappa shape index (κ1) is 14.3. The van der Waals surface area contributed by atoms with Crippen molar-refractivity contribution in [3.63, 3.8) is 0 Å². The van der Waals surface area contributed by atoms with Gasteiger partial charge in [0.25, 0.3) is 0 Å². The van der Waals surface area contributed by atoms with Gasteiger partial charge in [0.1, 0.15) is 17.3 Å². The SMILES string of the molecule is COCC(O)CNc1c(F)cc(C(=O)O)cc1F. The molecule has 0 amide bonds. The molecule has 7 heteroatoms. The topological polar surface area (TPSA) is 78.8 Å². The zero-order valence-corrected chi connectivity index (χ0v) is 9.61. The van der Waals surface area contributed by atoms with E-state index in [1.807, 2.05) is 0 Å². The minimum Gasteiger partial charge on any atom is -0.478 e. The van der Waals surface area contributed by atoms with Gasteiger partial charge >= 0.3 is 5.97 Å². The van der Waals surface area contributed by atoms with Crippen molar-refractivity contribution >= 4 is 11.7 Å². The zero-order valence-electron chi connectivity index (χ0n) is 9.61. The molecule has 0 heterocycles. The second-order valence-corrected chi connectivity index (χ2v) is 3.61. The third-order valence-electron chi connectivity index (χ3n) is 2.16. The summed E-state index contributed by atoms with van der Waals surface area (Å²) in [5.41, 5.74) is -0.955. The van der Waals surface area contributed by atoms with Crippen LogP contribution in [0.15, 0.2) is 12.1 Å². The van der Waals surface area contributed by atoms with Crippen molar-refractivity contribution in [3.8, 4) is 0 Å². The van der Waals surface area contributed by atoms with Gasteiger partial charge in [0, 0.05) is 13.7 Å². The van der Waals surface area contributed by atoms with E-state index in [0.29, 0.717) is 12.1 Å². The van der Waals surface area contributed by atoms with Crippen molar-refractivity contribution < 1.29 is 28.5 Å². The van der Waals surface area contributed by atoms with E-state index in [2.05, 4.69) is 10.1 Å². The number of rotatable bonds is 6. The molecule has 0 fully saturated rings. The molecule has 0 bridgehead atoms. The van der Waals surface area contributed by atoms with Crippen molar-refractivity contribution in [2.75, 3.05) is 25.6 Å². The molecule has 0 aliphatic carbocycles. The van der Waals surface area contributed by atoms with E-state index in [1.165, 1.54) is 7.11 Å². The molecule has 1 aromatic rings. The number of ether oxygens (including phenoxy) is 1. The highest BCUT2D eigenvalue weighted by molar-refractivity contribution is 5.88. The van der Waals surface area contributed by atoms with Crippen LogP contribution in [-0.2, 0) is 4.74 Å². The maximum absolute atomic E-state index is 13.4. The van der Waals surface area contributed by atoms with Crippen molar-refractivity contribution in [2.24, 2.45) is 0 Å². The number of halogens is 2. The molecule has 1 rings (SSSR count). The minimum absolute atomic E-state index is 0.0173. The van der Waals surface area contributed by atoms with Crippen LogP contribution in [0.25, 0.3) is 0 Å². The molecule has 0 aliphatic heterocycles. The first-order valence-electron chi connectivity index (χ1n) is 5.09. The Balaban J connectivity index is 2.81. The van der Waals surface area contributed by atoms with Crippen LogP contribution in [0, 0.1) is 11.6 Å². The quantitative estimate of drug-likeness (QED) is 0.714. The number of hydrogen-bond donors (Lipinski definition) is 3. The smallest absolute Gasteiger partial charge is 0.335 e. The van der Waals surface area contributed by atoms with Crippen LogP contribution in [0.4, 0.5) is 14.5 Å². The lowest BCUT2D eigenvalue weighted by Crippen LogP contribution is -2.25. The lowest BCUT2D eigenvalue weighted by atomic mass is 10.2. The number of aromatic carboxylic acids is 1. The highest BCUT2D eigenvalue weighted by Crippen LogP contribution is 2.20. The van der Waals surface area contributed by atoms with Crippen LogP contribution < -0.4 is 5.32 Å². The molecular weight excluding hydrogens is 248 g/mol. The van der Waals surface area contributed by atoms with Gasteiger partial charge in [0.05, 0.1) is 18.3 Å². The highest BCUT2D eigenvalue weighted by Gasteiger charge is 2.15. The molecule has 100 valence electrons. The Labute approximate surface area is 102 Å². The molecule has 0 saturated carbocycles. The Morgan fingerprint density at radius 1 is 1.44 bits per heavy atom. The van der Waals surface area contributed by atoms with E-state index >= 15 is 0 Å². The number of carbonyl (C=O) groups is 1. The molecule has 1 aromatic carbocycles. The molecule has 0 aromatic heterocycles. The summed E-state index contributed by atoms with van der Waals surface area (Å²) in [5, 5.41) is 20.3. The van der Waals surface area contributed by atoms with Crippen LogP contribution in [-0.4, -0.2) is 42.5 Å². The van der Waals surface area contributed by atoms with Crippen molar-refractivity contribution in [1.82, 2.24) is 0 Å². The largest absolute Gasteiger partial charge is 0.478 e. The average molecular weight is 261 g/mol. The monoisotopic (exact) mass is 261 g/mol. The van der Waals surface area contributed by atoms with Crippen LogP contribution in [0.3, 0.4) is 0 Å². The summed E-state index contributed by atoms with van der Waals surface area (Å²) in [4.78, 5) is 10.6. The molecule has 3 N–H and O–H groups in total. The maximum Gasteiger partial charge on any atom is 0.335 e. The lowest BCUT2D eigenvalue weighted by molar-refractivity contribution is 0.0695. The Hall–Kier alpha value is -1.73. The van der Waals surface area contributed by atoms with Gasteiger partial charge < -0.3 is 20.3 Å². The molecular formula is C11H13F2NO4. The fourth-order valence-corrected chi connectivity index (χ4v) is 1.34. The van der Waals surface area contributed by atoms with Gasteiger partial charge in [-0.1, -0.05) is 0 Å². The van der Waals surface area contributed by atoms with Crippen molar-refractivity contribution in [3.05, 3.63) is 29.3 Å². The number of carboxylic acid groups (broad SMARTS) is 1.